The van der Waals surface area contributed by atoms with E-state index in [-0.39, 0.29) is 0 Å². The number of nitrogens with two attached hydrogens (primary N) is 1. The zero-order chi connectivity index (χ0) is 12.8. The lowest BCUT2D eigenvalue weighted by molar-refractivity contribution is 0.0599. The van der Waals surface area contributed by atoms with E-state index in [0.29, 0.717) is 5.56 Å². The van der Waals surface area contributed by atoms with Gasteiger partial charge in [0.05, 0.1) is 18.9 Å². The fraction of sp³-hybridized carbons (Fsp3) is 0.100. The average molecular weight is 347 g/mol. The van der Waals surface area contributed by atoms with Gasteiger partial charge in [-0.15, -0.1) is 0 Å². The highest BCUT2D eigenvalue weighted by atomic mass is 127. The molecule has 0 radical (unpaired) electrons. The molecule has 0 unspecified atom stereocenters. The van der Waals surface area contributed by atoms with E-state index in [4.69, 9.17) is 5.73 Å². The van der Waals surface area contributed by atoms with Crippen molar-refractivity contribution in [1.29, 1.82) is 0 Å². The van der Waals surface area contributed by atoms with E-state index < -0.39 is 12.0 Å². The number of nitrogens with zero attached hydrogens (tertiary/aromatic N) is 1. The molecule has 0 aliphatic rings. The number of benzene rings is 1. The van der Waals surface area contributed by atoms with Gasteiger partial charge in [0.15, 0.2) is 0 Å². The van der Waals surface area contributed by atoms with E-state index in [2.05, 4.69) is 15.3 Å². The van der Waals surface area contributed by atoms with E-state index in [1.165, 1.54) is 13.3 Å². The number of carbonyl (C=O) groups is 2. The minimum Gasteiger partial charge on any atom is -0.465 e. The second-order valence-corrected chi connectivity index (χ2v) is 4.13. The number of urea groups is 1. The largest absolute Gasteiger partial charge is 0.465 e. The van der Waals surface area contributed by atoms with Gasteiger partial charge in [0.2, 0.25) is 0 Å². The Kier molecular flexibility index (Phi) is 4.88. The Labute approximate surface area is 111 Å². The first-order chi connectivity index (χ1) is 8.04. The number of amides is 2. The average Bonchev–Trinajstić information content (AvgIpc) is 2.28. The number of rotatable bonds is 3. The predicted molar refractivity (Wildman–Crippen MR) is 70.8 cm³/mol. The molecule has 0 atom stereocenters. The molecule has 7 heteroatoms. The monoisotopic (exact) mass is 347 g/mol. The van der Waals surface area contributed by atoms with Crippen LogP contribution in [0.4, 0.5) is 4.79 Å². The second-order valence-electron chi connectivity index (χ2n) is 2.97. The van der Waals surface area contributed by atoms with Gasteiger partial charge in [-0.1, -0.05) is 6.07 Å². The molecular weight excluding hydrogens is 337 g/mol. The van der Waals surface area contributed by atoms with Gasteiger partial charge in [-0.05, 0) is 40.3 Å². The summed E-state index contributed by atoms with van der Waals surface area (Å²) in [4.78, 5) is 21.7. The van der Waals surface area contributed by atoms with Crippen molar-refractivity contribution in [3.8, 4) is 0 Å². The van der Waals surface area contributed by atoms with Crippen molar-refractivity contribution >= 4 is 40.8 Å². The number of primary amides is 1. The highest BCUT2D eigenvalue weighted by Gasteiger charge is 2.09. The van der Waals surface area contributed by atoms with Crippen molar-refractivity contribution in [1.82, 2.24) is 5.43 Å². The van der Waals surface area contributed by atoms with Crippen molar-refractivity contribution in [3.63, 3.8) is 0 Å². The summed E-state index contributed by atoms with van der Waals surface area (Å²) in [7, 11) is 1.32. The number of carbonyl (C=O) groups excluding carboxylic acids is 2. The van der Waals surface area contributed by atoms with Gasteiger partial charge in [0.1, 0.15) is 0 Å². The molecule has 2 amide bonds. The highest BCUT2D eigenvalue weighted by Crippen LogP contribution is 2.14. The summed E-state index contributed by atoms with van der Waals surface area (Å²) in [5.41, 5.74) is 8.13. The first kappa shape index (κ1) is 13.4. The molecule has 17 heavy (non-hydrogen) atoms. The van der Waals surface area contributed by atoms with Crippen LogP contribution in [0.2, 0.25) is 0 Å². The van der Waals surface area contributed by atoms with Crippen LogP contribution < -0.4 is 11.2 Å². The van der Waals surface area contributed by atoms with E-state index in [1.54, 1.807) is 18.2 Å². The number of esters is 1. The van der Waals surface area contributed by atoms with E-state index in [1.807, 2.05) is 22.6 Å². The number of hydrogen-bond donors (Lipinski definition) is 2. The molecule has 0 heterocycles. The van der Waals surface area contributed by atoms with Crippen molar-refractivity contribution in [2.75, 3.05) is 7.11 Å². The third-order valence-electron chi connectivity index (χ3n) is 1.79. The van der Waals surface area contributed by atoms with E-state index in [9.17, 15) is 9.59 Å². The molecule has 6 nitrogen and oxygen atoms in total. The number of methoxy groups -OCH3 is 1. The fourth-order valence-electron chi connectivity index (χ4n) is 1.06. The summed E-state index contributed by atoms with van der Waals surface area (Å²) in [5, 5.41) is 3.61. The Hall–Kier alpha value is -1.64. The molecule has 1 aromatic rings. The number of ether oxygens (including phenoxy) is 1. The van der Waals surface area contributed by atoms with Gasteiger partial charge >= 0.3 is 12.0 Å². The van der Waals surface area contributed by atoms with Gasteiger partial charge in [-0.25, -0.2) is 15.0 Å². The Bertz CT molecular complexity index is 474. The first-order valence-electron chi connectivity index (χ1n) is 4.51. The molecule has 0 bridgehead atoms. The van der Waals surface area contributed by atoms with Gasteiger partial charge in [0.25, 0.3) is 0 Å². The second kappa shape index (κ2) is 6.18. The Morgan fingerprint density at radius 1 is 1.53 bits per heavy atom. The molecule has 3 N–H and O–H groups in total. The van der Waals surface area contributed by atoms with E-state index >= 15 is 0 Å². The lowest BCUT2D eigenvalue weighted by Gasteiger charge is -2.02. The van der Waals surface area contributed by atoms with Crippen LogP contribution in [-0.4, -0.2) is 25.3 Å². The van der Waals surface area contributed by atoms with Crippen LogP contribution in [0, 0.1) is 3.57 Å². The number of hydrazone groups is 1. The van der Waals surface area contributed by atoms with Crippen LogP contribution in [0.1, 0.15) is 15.9 Å². The summed E-state index contributed by atoms with van der Waals surface area (Å²) >= 11 is 2.02. The Morgan fingerprint density at radius 3 is 2.76 bits per heavy atom. The topological polar surface area (TPSA) is 93.8 Å². The zero-order valence-electron chi connectivity index (χ0n) is 8.94. The van der Waals surface area contributed by atoms with Crippen molar-refractivity contribution in [3.05, 3.63) is 32.9 Å². The van der Waals surface area contributed by atoms with Crippen LogP contribution in [-0.2, 0) is 4.74 Å². The third-order valence-corrected chi connectivity index (χ3v) is 2.68. The Balaban J connectivity index is 2.85. The molecule has 1 rings (SSSR count). The molecule has 90 valence electrons. The van der Waals surface area contributed by atoms with Crippen LogP contribution in [0.15, 0.2) is 23.3 Å². The van der Waals surface area contributed by atoms with Crippen LogP contribution in [0.3, 0.4) is 0 Å². The van der Waals surface area contributed by atoms with Gasteiger partial charge in [0, 0.05) is 3.57 Å². The SMILES string of the molecule is COC(=O)c1ccc(C=NNC(N)=O)cc1I. The predicted octanol–water partition coefficient (Wildman–Crippen LogP) is 1.08. The summed E-state index contributed by atoms with van der Waals surface area (Å²) in [5.74, 6) is -0.395. The first-order valence-corrected chi connectivity index (χ1v) is 5.59. The molecule has 0 fully saturated rings. The summed E-state index contributed by atoms with van der Waals surface area (Å²) in [6.07, 6.45) is 1.42. The summed E-state index contributed by atoms with van der Waals surface area (Å²) < 4.78 is 5.35. The summed E-state index contributed by atoms with van der Waals surface area (Å²) in [6, 6.07) is 4.31. The Morgan fingerprint density at radius 2 is 2.24 bits per heavy atom. The van der Waals surface area contributed by atoms with Crippen molar-refractivity contribution in [2.45, 2.75) is 0 Å². The molecule has 0 aromatic heterocycles. The fourth-order valence-corrected chi connectivity index (χ4v) is 1.82. The maximum atomic E-state index is 11.3. The normalized spacial score (nSPS) is 10.2. The molecule has 0 aliphatic carbocycles. The van der Waals surface area contributed by atoms with E-state index in [0.717, 1.165) is 9.13 Å². The minimum atomic E-state index is -0.734. The number of nitrogens with one attached hydrogen (secondary N) is 1. The van der Waals surface area contributed by atoms with Crippen LogP contribution in [0.25, 0.3) is 0 Å². The minimum absolute atomic E-state index is 0.395. The van der Waals surface area contributed by atoms with Crippen molar-refractivity contribution < 1.29 is 14.3 Å². The van der Waals surface area contributed by atoms with Crippen LogP contribution >= 0.6 is 22.6 Å². The molecule has 0 saturated heterocycles. The number of halogens is 1. The van der Waals surface area contributed by atoms with Gasteiger partial charge in [-0.2, -0.15) is 5.10 Å². The third kappa shape index (κ3) is 4.02. The zero-order valence-corrected chi connectivity index (χ0v) is 11.1. The quantitative estimate of drug-likeness (QED) is 0.371. The highest BCUT2D eigenvalue weighted by molar-refractivity contribution is 14.1. The van der Waals surface area contributed by atoms with Gasteiger partial charge in [-0.3, -0.25) is 0 Å². The lowest BCUT2D eigenvalue weighted by Crippen LogP contribution is -2.24. The summed E-state index contributed by atoms with van der Waals surface area (Å²) in [6.45, 7) is 0. The molecular formula is C10H10IN3O3. The number of hydrogen-bond acceptors (Lipinski definition) is 4. The molecule has 0 aliphatic heterocycles. The maximum absolute atomic E-state index is 11.3. The lowest BCUT2D eigenvalue weighted by atomic mass is 10.1. The van der Waals surface area contributed by atoms with Crippen LogP contribution in [0.5, 0.6) is 0 Å². The molecule has 0 saturated carbocycles. The standard InChI is InChI=1S/C10H10IN3O3/c1-17-9(15)7-3-2-6(4-8(7)11)5-13-14-10(12)16/h2-5H,1H3,(H3,12,14,16). The molecule has 1 aromatic carbocycles. The smallest absolute Gasteiger partial charge is 0.338 e. The van der Waals surface area contributed by atoms with Gasteiger partial charge < -0.3 is 10.5 Å². The molecule has 0 spiro atoms. The van der Waals surface area contributed by atoms with Crippen molar-refractivity contribution in [2.24, 2.45) is 10.8 Å². The maximum Gasteiger partial charge on any atom is 0.338 e.